The van der Waals surface area contributed by atoms with E-state index in [0.717, 1.165) is 18.4 Å². The van der Waals surface area contributed by atoms with Crippen molar-refractivity contribution in [2.45, 2.75) is 57.5 Å². The highest BCUT2D eigenvalue weighted by Crippen LogP contribution is 2.42. The molecule has 39 heavy (non-hydrogen) atoms. The second kappa shape index (κ2) is 11.7. The highest BCUT2D eigenvalue weighted by Gasteiger charge is 2.51. The molecule has 0 radical (unpaired) electrons. The Morgan fingerprint density at radius 3 is 2.56 bits per heavy atom. The number of amides is 4. The lowest BCUT2D eigenvalue weighted by Gasteiger charge is -2.29. The number of fused-ring (bicyclic) bond motifs is 1. The van der Waals surface area contributed by atoms with Crippen molar-refractivity contribution in [3.05, 3.63) is 29.8 Å². The third-order valence-electron chi connectivity index (χ3n) is 7.77. The fourth-order valence-electron chi connectivity index (χ4n) is 5.81. The molecule has 1 aliphatic carbocycles. The van der Waals surface area contributed by atoms with Gasteiger partial charge in [-0.3, -0.25) is 28.7 Å². The monoisotopic (exact) mass is 552 g/mol. The zero-order valence-corrected chi connectivity index (χ0v) is 21.4. The molecule has 2 heterocycles. The molecular formula is C26H31F3N4O6. The van der Waals surface area contributed by atoms with E-state index in [-0.39, 0.29) is 30.7 Å². The van der Waals surface area contributed by atoms with Gasteiger partial charge in [0.25, 0.3) is 0 Å². The molecular weight excluding hydrogens is 521 g/mol. The van der Waals surface area contributed by atoms with E-state index in [0.29, 0.717) is 25.1 Å². The standard InChI is InChI=1S/C26H31F3N4O6/c1-14-5-2-3-8-18(14)31-24(37)25(38)33-12-16-6-4-7-17(16)21(33)23(36)32-19(11-15-9-10-30-22(15)35)20(34)13-39-26(27,28)29/h2-3,5,8,15-17,19,21H,4,6-7,9-13H2,1H3,(H,30,35)(H,31,37)(H,32,36)/t15?,16?,17?,19?,21-/m0/s1. The van der Waals surface area contributed by atoms with E-state index in [1.54, 1.807) is 31.2 Å². The third kappa shape index (κ3) is 6.75. The molecule has 1 aromatic carbocycles. The van der Waals surface area contributed by atoms with Crippen LogP contribution in [0, 0.1) is 24.7 Å². The molecule has 13 heteroatoms. The first-order chi connectivity index (χ1) is 18.4. The quantitative estimate of drug-likeness (QED) is 0.421. The number of rotatable bonds is 8. The minimum Gasteiger partial charge on any atom is -0.356 e. The van der Waals surface area contributed by atoms with Gasteiger partial charge >= 0.3 is 18.2 Å². The molecule has 4 amide bonds. The Bertz CT molecular complexity index is 1140. The summed E-state index contributed by atoms with van der Waals surface area (Å²) in [5.74, 6) is -4.95. The number of halogens is 3. The SMILES string of the molecule is Cc1ccccc1NC(=O)C(=O)N1CC2CCCC2[C@H]1C(=O)NC(CC1CCNC1=O)C(=O)COC(F)(F)F. The number of Topliss-reactive ketones (excluding diaryl/α,β-unsaturated/α-hetero) is 1. The maximum Gasteiger partial charge on any atom is 0.522 e. The van der Waals surface area contributed by atoms with Gasteiger partial charge in [-0.2, -0.15) is 0 Å². The van der Waals surface area contributed by atoms with E-state index in [1.165, 1.54) is 4.90 Å². The van der Waals surface area contributed by atoms with Crippen LogP contribution in [-0.2, 0) is 28.7 Å². The van der Waals surface area contributed by atoms with Gasteiger partial charge in [0.2, 0.25) is 11.8 Å². The lowest BCUT2D eigenvalue weighted by molar-refractivity contribution is -0.321. The molecule has 3 N–H and O–H groups in total. The number of hydrogen-bond acceptors (Lipinski definition) is 6. The molecule has 2 saturated heterocycles. The maximum atomic E-state index is 13.6. The Morgan fingerprint density at radius 1 is 1.15 bits per heavy atom. The Labute approximate surface area is 223 Å². The highest BCUT2D eigenvalue weighted by molar-refractivity contribution is 6.40. The first kappa shape index (κ1) is 28.5. The number of ketones is 1. The molecule has 10 nitrogen and oxygen atoms in total. The average molecular weight is 553 g/mol. The fourth-order valence-corrected chi connectivity index (χ4v) is 5.81. The molecule has 4 rings (SSSR count). The van der Waals surface area contributed by atoms with Gasteiger partial charge < -0.3 is 20.9 Å². The Kier molecular flexibility index (Phi) is 8.57. The minimum absolute atomic E-state index is 0.0284. The Balaban J connectivity index is 1.51. The number of ether oxygens (including phenoxy) is 1. The lowest BCUT2D eigenvalue weighted by Crippen LogP contribution is -2.55. The van der Waals surface area contributed by atoms with Crippen molar-refractivity contribution in [3.8, 4) is 0 Å². The largest absolute Gasteiger partial charge is 0.522 e. The molecule has 3 aliphatic rings. The van der Waals surface area contributed by atoms with Gasteiger partial charge in [-0.25, -0.2) is 0 Å². The van der Waals surface area contributed by atoms with Crippen molar-refractivity contribution in [3.63, 3.8) is 0 Å². The first-order valence-electron chi connectivity index (χ1n) is 12.9. The number of nitrogens with one attached hydrogen (secondary N) is 3. The molecule has 0 aromatic heterocycles. The first-order valence-corrected chi connectivity index (χ1v) is 12.9. The summed E-state index contributed by atoms with van der Waals surface area (Å²) < 4.78 is 41.4. The van der Waals surface area contributed by atoms with E-state index in [2.05, 4.69) is 20.7 Å². The zero-order valence-electron chi connectivity index (χ0n) is 21.4. The van der Waals surface area contributed by atoms with Crippen LogP contribution >= 0.6 is 0 Å². The van der Waals surface area contributed by atoms with Crippen molar-refractivity contribution >= 4 is 35.1 Å². The summed E-state index contributed by atoms with van der Waals surface area (Å²) >= 11 is 0. The predicted molar refractivity (Wildman–Crippen MR) is 131 cm³/mol. The van der Waals surface area contributed by atoms with Crippen LogP contribution in [0.2, 0.25) is 0 Å². The fraction of sp³-hybridized carbons (Fsp3) is 0.577. The third-order valence-corrected chi connectivity index (χ3v) is 7.77. The number of carbonyl (C=O) groups is 5. The average Bonchev–Trinajstić information content (AvgIpc) is 3.58. The number of para-hydroxylation sites is 1. The predicted octanol–water partition coefficient (Wildman–Crippen LogP) is 1.68. The van der Waals surface area contributed by atoms with E-state index in [9.17, 15) is 37.1 Å². The van der Waals surface area contributed by atoms with Crippen LogP contribution in [0.25, 0.3) is 0 Å². The number of nitrogens with zero attached hydrogens (tertiary/aromatic N) is 1. The van der Waals surface area contributed by atoms with Gasteiger partial charge in [-0.1, -0.05) is 24.6 Å². The van der Waals surface area contributed by atoms with Gasteiger partial charge in [-0.05, 0) is 56.1 Å². The molecule has 4 unspecified atom stereocenters. The summed E-state index contributed by atoms with van der Waals surface area (Å²) in [4.78, 5) is 65.6. The van der Waals surface area contributed by atoms with Crippen LogP contribution in [0.3, 0.4) is 0 Å². The van der Waals surface area contributed by atoms with Gasteiger partial charge in [-0.15, -0.1) is 13.2 Å². The van der Waals surface area contributed by atoms with Crippen molar-refractivity contribution in [2.24, 2.45) is 17.8 Å². The van der Waals surface area contributed by atoms with Crippen LogP contribution in [0.15, 0.2) is 24.3 Å². The van der Waals surface area contributed by atoms with Crippen molar-refractivity contribution < 1.29 is 41.9 Å². The van der Waals surface area contributed by atoms with Crippen LogP contribution < -0.4 is 16.0 Å². The number of likely N-dealkylation sites (tertiary alicyclic amines) is 1. The summed E-state index contributed by atoms with van der Waals surface area (Å²) in [6.07, 6.45) is -2.71. The number of hydrogen-bond donors (Lipinski definition) is 3. The Hall–Kier alpha value is -3.48. The topological polar surface area (TPSA) is 134 Å². The molecule has 212 valence electrons. The van der Waals surface area contributed by atoms with Crippen molar-refractivity contribution in [2.75, 3.05) is 25.0 Å². The summed E-state index contributed by atoms with van der Waals surface area (Å²) in [6, 6.07) is 4.37. The summed E-state index contributed by atoms with van der Waals surface area (Å²) in [7, 11) is 0. The minimum atomic E-state index is -5.05. The molecule has 1 saturated carbocycles. The second-order valence-corrected chi connectivity index (χ2v) is 10.3. The zero-order chi connectivity index (χ0) is 28.3. The lowest BCUT2D eigenvalue weighted by atomic mass is 9.92. The molecule has 0 spiro atoms. The Morgan fingerprint density at radius 2 is 1.90 bits per heavy atom. The molecule has 1 aromatic rings. The van der Waals surface area contributed by atoms with Crippen LogP contribution in [0.1, 0.15) is 37.7 Å². The number of aryl methyl sites for hydroxylation is 1. The maximum absolute atomic E-state index is 13.6. The van der Waals surface area contributed by atoms with E-state index < -0.39 is 54.5 Å². The number of benzene rings is 1. The van der Waals surface area contributed by atoms with Gasteiger partial charge in [0.1, 0.15) is 12.6 Å². The van der Waals surface area contributed by atoms with Crippen LogP contribution in [0.5, 0.6) is 0 Å². The van der Waals surface area contributed by atoms with Gasteiger partial charge in [0.05, 0.1) is 6.04 Å². The molecule has 5 atom stereocenters. The van der Waals surface area contributed by atoms with Crippen molar-refractivity contribution in [1.82, 2.24) is 15.5 Å². The highest BCUT2D eigenvalue weighted by atomic mass is 19.4. The summed E-state index contributed by atoms with van der Waals surface area (Å²) in [5.41, 5.74) is 1.19. The van der Waals surface area contributed by atoms with Crippen LogP contribution in [0.4, 0.5) is 18.9 Å². The van der Waals surface area contributed by atoms with E-state index >= 15 is 0 Å². The summed E-state index contributed by atoms with van der Waals surface area (Å²) in [5, 5.41) is 7.66. The number of carbonyl (C=O) groups excluding carboxylic acids is 5. The summed E-state index contributed by atoms with van der Waals surface area (Å²) in [6.45, 7) is 0.952. The van der Waals surface area contributed by atoms with E-state index in [1.807, 2.05) is 0 Å². The van der Waals surface area contributed by atoms with Crippen LogP contribution in [-0.4, -0.2) is 72.5 Å². The number of anilines is 1. The van der Waals surface area contributed by atoms with Gasteiger partial charge in [0.15, 0.2) is 5.78 Å². The smallest absolute Gasteiger partial charge is 0.356 e. The number of alkyl halides is 3. The second-order valence-electron chi connectivity index (χ2n) is 10.3. The van der Waals surface area contributed by atoms with Gasteiger partial charge in [0, 0.05) is 24.7 Å². The molecule has 2 aliphatic heterocycles. The molecule has 0 bridgehead atoms. The van der Waals surface area contributed by atoms with Crippen molar-refractivity contribution in [1.29, 1.82) is 0 Å². The molecule has 3 fully saturated rings. The van der Waals surface area contributed by atoms with E-state index in [4.69, 9.17) is 0 Å². The normalized spacial score (nSPS) is 25.1.